The molecule has 0 spiro atoms. The highest BCUT2D eigenvalue weighted by Gasteiger charge is 2.26. The minimum absolute atomic E-state index is 0.106. The van der Waals surface area contributed by atoms with Crippen LogP contribution in [0.1, 0.15) is 35.2 Å². The molecule has 2 aromatic carbocycles. The van der Waals surface area contributed by atoms with Crippen LogP contribution in [0.3, 0.4) is 0 Å². The zero-order valence-electron chi connectivity index (χ0n) is 15.3. The molecule has 0 aliphatic carbocycles. The lowest BCUT2D eigenvalue weighted by Crippen LogP contribution is -2.35. The van der Waals surface area contributed by atoms with E-state index in [-0.39, 0.29) is 28.7 Å². The fourth-order valence-electron chi connectivity index (χ4n) is 3.22. The quantitative estimate of drug-likeness (QED) is 0.787. The maximum absolute atomic E-state index is 13.8. The van der Waals surface area contributed by atoms with E-state index in [4.69, 9.17) is 0 Å². The molecule has 27 heavy (non-hydrogen) atoms. The Morgan fingerprint density at radius 3 is 2.48 bits per heavy atom. The molecule has 3 rings (SSSR count). The summed E-state index contributed by atoms with van der Waals surface area (Å²) in [5.41, 5.74) is 0.678. The van der Waals surface area contributed by atoms with Crippen molar-refractivity contribution in [3.8, 4) is 0 Å². The monoisotopic (exact) mass is 390 g/mol. The van der Waals surface area contributed by atoms with Crippen molar-refractivity contribution >= 4 is 15.9 Å². The zero-order chi connectivity index (χ0) is 19.4. The van der Waals surface area contributed by atoms with Gasteiger partial charge in [-0.25, -0.2) is 12.8 Å². The Balaban J connectivity index is 1.80. The standard InChI is InChI=1S/C20H23FN2O3S/c1-22(15-17-8-3-4-11-19(17)21)20(24)16-9-7-10-18(14-16)27(25,26)23-12-5-2-6-13-23/h3-4,7-11,14H,2,5-6,12-13,15H2,1H3. The number of carbonyl (C=O) groups is 1. The summed E-state index contributed by atoms with van der Waals surface area (Å²) < 4.78 is 40.9. The summed E-state index contributed by atoms with van der Waals surface area (Å²) in [5, 5.41) is 0. The van der Waals surface area contributed by atoms with Crippen molar-refractivity contribution in [2.24, 2.45) is 0 Å². The fraction of sp³-hybridized carbons (Fsp3) is 0.350. The number of sulfonamides is 1. The lowest BCUT2D eigenvalue weighted by molar-refractivity contribution is 0.0783. The molecule has 144 valence electrons. The SMILES string of the molecule is CN(Cc1ccccc1F)C(=O)c1cccc(S(=O)(=O)N2CCCCC2)c1. The molecule has 7 heteroatoms. The fourth-order valence-corrected chi connectivity index (χ4v) is 4.78. The van der Waals surface area contributed by atoms with Crippen LogP contribution in [-0.4, -0.2) is 43.7 Å². The molecule has 0 saturated carbocycles. The second-order valence-electron chi connectivity index (χ2n) is 6.75. The van der Waals surface area contributed by atoms with E-state index < -0.39 is 10.0 Å². The van der Waals surface area contributed by atoms with E-state index in [2.05, 4.69) is 0 Å². The average molecular weight is 390 g/mol. The van der Waals surface area contributed by atoms with Gasteiger partial charge >= 0.3 is 0 Å². The van der Waals surface area contributed by atoms with Crippen LogP contribution >= 0.6 is 0 Å². The van der Waals surface area contributed by atoms with Gasteiger partial charge < -0.3 is 4.90 Å². The number of rotatable bonds is 5. The van der Waals surface area contributed by atoms with Crippen LogP contribution in [0.25, 0.3) is 0 Å². The second-order valence-corrected chi connectivity index (χ2v) is 8.68. The molecule has 0 radical (unpaired) electrons. The number of piperidine rings is 1. The van der Waals surface area contributed by atoms with E-state index in [1.807, 2.05) is 0 Å². The number of hydrogen-bond donors (Lipinski definition) is 0. The summed E-state index contributed by atoms with van der Waals surface area (Å²) in [4.78, 5) is 14.2. The van der Waals surface area contributed by atoms with Crippen LogP contribution in [0.15, 0.2) is 53.4 Å². The van der Waals surface area contributed by atoms with Gasteiger partial charge in [0.05, 0.1) is 4.90 Å². The summed E-state index contributed by atoms with van der Waals surface area (Å²) >= 11 is 0. The topological polar surface area (TPSA) is 57.7 Å². The molecule has 5 nitrogen and oxygen atoms in total. The molecule has 1 saturated heterocycles. The molecular formula is C20H23FN2O3S. The molecule has 2 aromatic rings. The molecule has 0 atom stereocenters. The largest absolute Gasteiger partial charge is 0.337 e. The summed E-state index contributed by atoms with van der Waals surface area (Å²) in [7, 11) is -2.04. The van der Waals surface area contributed by atoms with Crippen molar-refractivity contribution < 1.29 is 17.6 Å². The van der Waals surface area contributed by atoms with Crippen molar-refractivity contribution in [1.82, 2.24) is 9.21 Å². The highest BCUT2D eigenvalue weighted by atomic mass is 32.2. The maximum atomic E-state index is 13.8. The Bertz CT molecular complexity index is 924. The highest BCUT2D eigenvalue weighted by Crippen LogP contribution is 2.22. The van der Waals surface area contributed by atoms with E-state index in [0.29, 0.717) is 18.7 Å². The van der Waals surface area contributed by atoms with Crippen molar-refractivity contribution in [1.29, 1.82) is 0 Å². The van der Waals surface area contributed by atoms with Crippen LogP contribution in [0.2, 0.25) is 0 Å². The van der Waals surface area contributed by atoms with Gasteiger partial charge in [-0.3, -0.25) is 4.79 Å². The Hall–Kier alpha value is -2.25. The predicted molar refractivity (Wildman–Crippen MR) is 101 cm³/mol. The number of halogens is 1. The van der Waals surface area contributed by atoms with Crippen LogP contribution < -0.4 is 0 Å². The first-order valence-corrected chi connectivity index (χ1v) is 10.4. The van der Waals surface area contributed by atoms with E-state index in [1.54, 1.807) is 37.4 Å². The maximum Gasteiger partial charge on any atom is 0.253 e. The summed E-state index contributed by atoms with van der Waals surface area (Å²) in [5.74, 6) is -0.729. The molecule has 1 fully saturated rings. The van der Waals surface area contributed by atoms with Crippen LogP contribution in [0, 0.1) is 5.82 Å². The molecular weight excluding hydrogens is 367 g/mol. The highest BCUT2D eigenvalue weighted by molar-refractivity contribution is 7.89. The van der Waals surface area contributed by atoms with Gasteiger partial charge in [-0.05, 0) is 37.1 Å². The van der Waals surface area contributed by atoms with Gasteiger partial charge in [0.1, 0.15) is 5.82 Å². The Kier molecular flexibility index (Phi) is 5.92. The van der Waals surface area contributed by atoms with Gasteiger partial charge in [-0.2, -0.15) is 4.31 Å². The molecule has 0 aromatic heterocycles. The average Bonchev–Trinajstić information content (AvgIpc) is 2.70. The van der Waals surface area contributed by atoms with Gasteiger partial charge in [-0.1, -0.05) is 30.7 Å². The number of amides is 1. The van der Waals surface area contributed by atoms with E-state index in [9.17, 15) is 17.6 Å². The number of nitrogens with zero attached hydrogens (tertiary/aromatic N) is 2. The summed E-state index contributed by atoms with van der Waals surface area (Å²) in [6.07, 6.45) is 2.73. The third kappa shape index (κ3) is 4.36. The predicted octanol–water partition coefficient (Wildman–Crippen LogP) is 3.27. The number of carbonyl (C=O) groups excluding carboxylic acids is 1. The zero-order valence-corrected chi connectivity index (χ0v) is 16.1. The Labute approximate surface area is 159 Å². The first-order valence-electron chi connectivity index (χ1n) is 8.98. The van der Waals surface area contributed by atoms with Crippen LogP contribution in [0.4, 0.5) is 4.39 Å². The van der Waals surface area contributed by atoms with Gasteiger partial charge in [0.25, 0.3) is 5.91 Å². The third-order valence-corrected chi connectivity index (χ3v) is 6.64. The Morgan fingerprint density at radius 1 is 1.07 bits per heavy atom. The lowest BCUT2D eigenvalue weighted by Gasteiger charge is -2.26. The van der Waals surface area contributed by atoms with Crippen molar-refractivity contribution in [2.45, 2.75) is 30.7 Å². The lowest BCUT2D eigenvalue weighted by atomic mass is 10.1. The van der Waals surface area contributed by atoms with Gasteiger partial charge in [0.15, 0.2) is 0 Å². The molecule has 0 unspecified atom stereocenters. The first-order chi connectivity index (χ1) is 12.9. The van der Waals surface area contributed by atoms with Crippen molar-refractivity contribution in [2.75, 3.05) is 20.1 Å². The van der Waals surface area contributed by atoms with E-state index in [0.717, 1.165) is 19.3 Å². The van der Waals surface area contributed by atoms with E-state index in [1.165, 1.54) is 27.4 Å². The van der Waals surface area contributed by atoms with Gasteiger partial charge in [0.2, 0.25) is 10.0 Å². The van der Waals surface area contributed by atoms with Crippen molar-refractivity contribution in [3.63, 3.8) is 0 Å². The second kappa shape index (κ2) is 8.19. The summed E-state index contributed by atoms with van der Waals surface area (Å²) in [6.45, 7) is 1.12. The molecule has 1 aliphatic heterocycles. The van der Waals surface area contributed by atoms with Crippen LogP contribution in [-0.2, 0) is 16.6 Å². The van der Waals surface area contributed by atoms with E-state index >= 15 is 0 Å². The first kappa shape index (κ1) is 19.5. The molecule has 0 bridgehead atoms. The van der Waals surface area contributed by atoms with Crippen LogP contribution in [0.5, 0.6) is 0 Å². The van der Waals surface area contributed by atoms with Gasteiger partial charge in [-0.15, -0.1) is 0 Å². The van der Waals surface area contributed by atoms with Gasteiger partial charge in [0, 0.05) is 37.8 Å². The number of hydrogen-bond acceptors (Lipinski definition) is 3. The minimum atomic E-state index is -3.61. The summed E-state index contributed by atoms with van der Waals surface area (Å²) in [6, 6.07) is 12.3. The van der Waals surface area contributed by atoms with Crippen molar-refractivity contribution in [3.05, 3.63) is 65.5 Å². The normalized spacial score (nSPS) is 15.5. The number of benzene rings is 2. The molecule has 1 heterocycles. The Morgan fingerprint density at radius 2 is 1.78 bits per heavy atom. The third-order valence-electron chi connectivity index (χ3n) is 4.75. The molecule has 1 aliphatic rings. The molecule has 1 amide bonds. The molecule has 0 N–H and O–H groups in total. The smallest absolute Gasteiger partial charge is 0.253 e. The minimum Gasteiger partial charge on any atom is -0.337 e.